The molecule has 2 rings (SSSR count). The Morgan fingerprint density at radius 1 is 1.63 bits per heavy atom. The Hall–Kier alpha value is -1.09. The zero-order valence-electron chi connectivity index (χ0n) is 10.9. The summed E-state index contributed by atoms with van der Waals surface area (Å²) < 4.78 is 11.6. The van der Waals surface area contributed by atoms with Crippen LogP contribution in [0.4, 0.5) is 0 Å². The number of hydrogen-bond donors (Lipinski definition) is 1. The van der Waals surface area contributed by atoms with Crippen molar-refractivity contribution in [2.75, 3.05) is 20.3 Å². The minimum atomic E-state index is -0.327. The van der Waals surface area contributed by atoms with E-state index >= 15 is 0 Å². The van der Waals surface area contributed by atoms with Gasteiger partial charge in [0.05, 0.1) is 23.8 Å². The van der Waals surface area contributed by atoms with Gasteiger partial charge in [0.1, 0.15) is 11.8 Å². The highest BCUT2D eigenvalue weighted by atomic mass is 79.9. The van der Waals surface area contributed by atoms with Crippen LogP contribution < -0.4 is 10.1 Å². The van der Waals surface area contributed by atoms with Gasteiger partial charge in [-0.05, 0) is 46.5 Å². The third-order valence-corrected chi connectivity index (χ3v) is 3.83. The molecule has 1 saturated heterocycles. The molecule has 0 radical (unpaired) electrons. The molecule has 1 aromatic carbocycles. The van der Waals surface area contributed by atoms with Crippen LogP contribution in [0.5, 0.6) is 5.75 Å². The largest absolute Gasteiger partial charge is 0.496 e. The first-order chi connectivity index (χ1) is 9.24. The van der Waals surface area contributed by atoms with Crippen LogP contribution in [0.1, 0.15) is 24.4 Å². The first-order valence-electron chi connectivity index (χ1n) is 6.32. The summed E-state index contributed by atoms with van der Waals surface area (Å²) in [5.74, 6) is 0.763. The summed E-state index contributed by atoms with van der Waals surface area (Å²) in [6.07, 6.45) is 2.41. The van der Waals surface area contributed by atoms with Crippen LogP contribution in [-0.2, 0) is 4.74 Å². The van der Waals surface area contributed by atoms with E-state index in [9.17, 15) is 5.26 Å². The van der Waals surface area contributed by atoms with E-state index in [0.717, 1.165) is 35.2 Å². The molecule has 19 heavy (non-hydrogen) atoms. The van der Waals surface area contributed by atoms with Crippen molar-refractivity contribution < 1.29 is 9.47 Å². The monoisotopic (exact) mass is 324 g/mol. The molecule has 1 fully saturated rings. The fraction of sp³-hybridized carbons (Fsp3) is 0.500. The minimum absolute atomic E-state index is 0.234. The fourth-order valence-corrected chi connectivity index (χ4v) is 2.71. The molecular weight excluding hydrogens is 308 g/mol. The Labute approximate surface area is 121 Å². The maximum Gasteiger partial charge on any atom is 0.133 e. The van der Waals surface area contributed by atoms with Crippen molar-refractivity contribution >= 4 is 15.9 Å². The third kappa shape index (κ3) is 3.69. The molecule has 0 aromatic heterocycles. The number of hydrogen-bond acceptors (Lipinski definition) is 4. The second-order valence-electron chi connectivity index (χ2n) is 4.50. The molecule has 2 atom stereocenters. The van der Waals surface area contributed by atoms with Gasteiger partial charge in [0.25, 0.3) is 0 Å². The summed E-state index contributed by atoms with van der Waals surface area (Å²) in [5.41, 5.74) is 0.924. The number of rotatable bonds is 5. The van der Waals surface area contributed by atoms with Crippen LogP contribution in [-0.4, -0.2) is 26.4 Å². The Bertz CT molecular complexity index is 467. The average Bonchev–Trinajstić information content (AvgIpc) is 2.93. The van der Waals surface area contributed by atoms with Crippen molar-refractivity contribution in [1.82, 2.24) is 5.32 Å². The van der Waals surface area contributed by atoms with Gasteiger partial charge in [-0.15, -0.1) is 0 Å². The Kier molecular flexibility index (Phi) is 5.20. The summed E-state index contributed by atoms with van der Waals surface area (Å²) >= 11 is 3.44. The molecule has 0 bridgehead atoms. The first kappa shape index (κ1) is 14.3. The second kappa shape index (κ2) is 6.90. The lowest BCUT2D eigenvalue weighted by atomic mass is 10.1. The number of nitrogens with zero attached hydrogens (tertiary/aromatic N) is 1. The number of ether oxygens (including phenoxy) is 2. The van der Waals surface area contributed by atoms with Gasteiger partial charge in [0.2, 0.25) is 0 Å². The number of nitriles is 1. The van der Waals surface area contributed by atoms with E-state index in [1.165, 1.54) is 0 Å². The molecule has 4 nitrogen and oxygen atoms in total. The van der Waals surface area contributed by atoms with E-state index < -0.39 is 0 Å². The molecule has 1 heterocycles. The highest BCUT2D eigenvalue weighted by Crippen LogP contribution is 2.28. The van der Waals surface area contributed by atoms with Crippen molar-refractivity contribution in [3.05, 3.63) is 28.2 Å². The Balaban J connectivity index is 2.00. The van der Waals surface area contributed by atoms with Crippen molar-refractivity contribution in [2.45, 2.75) is 25.0 Å². The topological polar surface area (TPSA) is 54.3 Å². The van der Waals surface area contributed by atoms with Crippen molar-refractivity contribution in [1.29, 1.82) is 5.26 Å². The van der Waals surface area contributed by atoms with Crippen molar-refractivity contribution in [3.63, 3.8) is 0 Å². The predicted octanol–water partition coefficient (Wildman–Crippen LogP) is 2.79. The predicted molar refractivity (Wildman–Crippen MR) is 76.0 cm³/mol. The lowest BCUT2D eigenvalue weighted by Gasteiger charge is -2.16. The maximum atomic E-state index is 9.27. The van der Waals surface area contributed by atoms with Crippen LogP contribution in [0.25, 0.3) is 0 Å². The molecule has 0 aliphatic carbocycles. The summed E-state index contributed by atoms with van der Waals surface area (Å²) in [5, 5.41) is 12.5. The van der Waals surface area contributed by atoms with Gasteiger partial charge in [0, 0.05) is 13.2 Å². The summed E-state index contributed by atoms with van der Waals surface area (Å²) in [6.45, 7) is 1.54. The zero-order chi connectivity index (χ0) is 13.7. The Morgan fingerprint density at radius 2 is 2.47 bits per heavy atom. The standard InChI is InChI=1S/C14H17BrN2O2/c1-18-14-5-4-10(7-12(14)15)13(8-16)17-9-11-3-2-6-19-11/h4-5,7,11,13,17H,2-3,6,9H2,1H3. The lowest BCUT2D eigenvalue weighted by molar-refractivity contribution is 0.109. The molecule has 1 aromatic rings. The number of halogens is 1. The molecule has 2 unspecified atom stereocenters. The molecule has 5 heteroatoms. The van der Waals surface area contributed by atoms with E-state index in [-0.39, 0.29) is 12.1 Å². The molecule has 0 saturated carbocycles. The van der Waals surface area contributed by atoms with Gasteiger partial charge in [0.15, 0.2) is 0 Å². The van der Waals surface area contributed by atoms with E-state index in [1.807, 2.05) is 18.2 Å². The fourth-order valence-electron chi connectivity index (χ4n) is 2.15. The summed E-state index contributed by atoms with van der Waals surface area (Å²) in [4.78, 5) is 0. The third-order valence-electron chi connectivity index (χ3n) is 3.21. The van der Waals surface area contributed by atoms with Gasteiger partial charge in [-0.3, -0.25) is 5.32 Å². The highest BCUT2D eigenvalue weighted by molar-refractivity contribution is 9.10. The van der Waals surface area contributed by atoms with Gasteiger partial charge in [-0.25, -0.2) is 0 Å². The van der Waals surface area contributed by atoms with Crippen LogP contribution >= 0.6 is 15.9 Å². The molecule has 1 aliphatic heterocycles. The first-order valence-corrected chi connectivity index (χ1v) is 7.12. The average molecular weight is 325 g/mol. The lowest BCUT2D eigenvalue weighted by Crippen LogP contribution is -2.29. The van der Waals surface area contributed by atoms with Gasteiger partial charge < -0.3 is 9.47 Å². The van der Waals surface area contributed by atoms with Gasteiger partial charge >= 0.3 is 0 Å². The number of methoxy groups -OCH3 is 1. The van der Waals surface area contributed by atoms with Crippen molar-refractivity contribution in [3.8, 4) is 11.8 Å². The molecular formula is C14H17BrN2O2. The Morgan fingerprint density at radius 3 is 3.05 bits per heavy atom. The van der Waals surface area contributed by atoms with Gasteiger partial charge in [-0.1, -0.05) is 6.07 Å². The molecule has 0 spiro atoms. The molecule has 1 N–H and O–H groups in total. The van der Waals surface area contributed by atoms with Crippen LogP contribution in [0.3, 0.4) is 0 Å². The van der Waals surface area contributed by atoms with Crippen LogP contribution in [0.15, 0.2) is 22.7 Å². The molecule has 102 valence electrons. The normalized spacial score (nSPS) is 19.9. The quantitative estimate of drug-likeness (QED) is 0.904. The minimum Gasteiger partial charge on any atom is -0.496 e. The summed E-state index contributed by atoms with van der Waals surface area (Å²) in [6, 6.07) is 7.62. The second-order valence-corrected chi connectivity index (χ2v) is 5.35. The van der Waals surface area contributed by atoms with E-state index in [0.29, 0.717) is 6.54 Å². The van der Waals surface area contributed by atoms with Crippen LogP contribution in [0, 0.1) is 11.3 Å². The van der Waals surface area contributed by atoms with Crippen LogP contribution in [0.2, 0.25) is 0 Å². The smallest absolute Gasteiger partial charge is 0.133 e. The zero-order valence-corrected chi connectivity index (χ0v) is 12.4. The number of nitrogens with one attached hydrogen (secondary N) is 1. The maximum absolute atomic E-state index is 9.27. The van der Waals surface area contributed by atoms with E-state index in [4.69, 9.17) is 9.47 Å². The molecule has 1 aliphatic rings. The molecule has 0 amide bonds. The highest BCUT2D eigenvalue weighted by Gasteiger charge is 2.18. The van der Waals surface area contributed by atoms with E-state index in [2.05, 4.69) is 27.3 Å². The van der Waals surface area contributed by atoms with Crippen molar-refractivity contribution in [2.24, 2.45) is 0 Å². The van der Waals surface area contributed by atoms with Gasteiger partial charge in [-0.2, -0.15) is 5.26 Å². The number of benzene rings is 1. The summed E-state index contributed by atoms with van der Waals surface area (Å²) in [7, 11) is 1.62. The van der Waals surface area contributed by atoms with E-state index in [1.54, 1.807) is 7.11 Å². The SMILES string of the molecule is COc1ccc(C(C#N)NCC2CCCO2)cc1Br.